The summed E-state index contributed by atoms with van der Waals surface area (Å²) in [6.45, 7) is 2.57. The van der Waals surface area contributed by atoms with Gasteiger partial charge in [-0.05, 0) is 24.6 Å². The zero-order valence-corrected chi connectivity index (χ0v) is 11.6. The fraction of sp³-hybridized carbons (Fsp3) is 0.267. The molecule has 6 heteroatoms. The van der Waals surface area contributed by atoms with Gasteiger partial charge in [-0.1, -0.05) is 13.3 Å². The van der Waals surface area contributed by atoms with Crippen LogP contribution in [0.4, 0.5) is 0 Å². The lowest BCUT2D eigenvalue weighted by Crippen LogP contribution is -2.31. The molecule has 108 valence electrons. The number of unbranched alkanes of at least 4 members (excludes halogenated alkanes) is 1. The first-order chi connectivity index (χ1) is 10.2. The van der Waals surface area contributed by atoms with E-state index in [2.05, 4.69) is 9.97 Å². The number of nitrogens with zero attached hydrogens (tertiary/aromatic N) is 2. The van der Waals surface area contributed by atoms with E-state index in [1.54, 1.807) is 30.7 Å². The molecule has 6 nitrogen and oxygen atoms in total. The van der Waals surface area contributed by atoms with Crippen molar-refractivity contribution in [1.29, 1.82) is 0 Å². The van der Waals surface area contributed by atoms with E-state index < -0.39 is 11.2 Å². The molecule has 0 aromatic carbocycles. The van der Waals surface area contributed by atoms with E-state index >= 15 is 0 Å². The number of hydrogen-bond donors (Lipinski definition) is 1. The average Bonchev–Trinajstić information content (AvgIpc) is 3.00. The molecule has 0 aliphatic rings. The van der Waals surface area contributed by atoms with Crippen LogP contribution in [-0.4, -0.2) is 14.5 Å². The third-order valence-electron chi connectivity index (χ3n) is 3.40. The fourth-order valence-electron chi connectivity index (χ4n) is 2.36. The van der Waals surface area contributed by atoms with Gasteiger partial charge in [0.1, 0.15) is 11.4 Å². The quantitative estimate of drug-likeness (QED) is 0.796. The number of H-pyrrole nitrogens is 1. The van der Waals surface area contributed by atoms with Crippen LogP contribution in [0, 0.1) is 0 Å². The summed E-state index contributed by atoms with van der Waals surface area (Å²) < 4.78 is 6.87. The molecule has 3 aromatic heterocycles. The van der Waals surface area contributed by atoms with Crippen molar-refractivity contribution in [3.8, 4) is 11.3 Å². The van der Waals surface area contributed by atoms with Gasteiger partial charge in [-0.3, -0.25) is 14.3 Å². The number of furan rings is 1. The van der Waals surface area contributed by atoms with Crippen molar-refractivity contribution in [2.24, 2.45) is 0 Å². The minimum Gasteiger partial charge on any atom is -0.464 e. The number of aromatic nitrogens is 3. The van der Waals surface area contributed by atoms with Crippen molar-refractivity contribution in [1.82, 2.24) is 14.5 Å². The molecule has 0 atom stereocenters. The highest BCUT2D eigenvalue weighted by Crippen LogP contribution is 2.24. The van der Waals surface area contributed by atoms with Gasteiger partial charge in [0, 0.05) is 18.3 Å². The highest BCUT2D eigenvalue weighted by Gasteiger charge is 2.14. The van der Waals surface area contributed by atoms with Crippen LogP contribution < -0.4 is 11.2 Å². The zero-order chi connectivity index (χ0) is 14.8. The topological polar surface area (TPSA) is 80.9 Å². The Kier molecular flexibility index (Phi) is 3.43. The monoisotopic (exact) mass is 285 g/mol. The van der Waals surface area contributed by atoms with Crippen molar-refractivity contribution in [2.45, 2.75) is 26.3 Å². The smallest absolute Gasteiger partial charge is 0.329 e. The standard InChI is InChI=1S/C15H15N3O3/c1-2-3-8-18-13-12(14(19)17-15(18)20)10(6-7-16-13)11-5-4-9-21-11/h4-7,9H,2-3,8H2,1H3,(H,17,19,20). The minimum absolute atomic E-state index is 0.378. The zero-order valence-electron chi connectivity index (χ0n) is 11.6. The van der Waals surface area contributed by atoms with E-state index in [1.165, 1.54) is 4.57 Å². The molecule has 3 rings (SSSR count). The number of rotatable bonds is 4. The Morgan fingerprint density at radius 2 is 2.19 bits per heavy atom. The van der Waals surface area contributed by atoms with Crippen LogP contribution in [0.25, 0.3) is 22.4 Å². The Labute approximate surface area is 120 Å². The van der Waals surface area contributed by atoms with E-state index in [0.717, 1.165) is 12.8 Å². The average molecular weight is 285 g/mol. The minimum atomic E-state index is -0.442. The van der Waals surface area contributed by atoms with E-state index in [9.17, 15) is 9.59 Å². The molecule has 0 saturated heterocycles. The van der Waals surface area contributed by atoms with Crippen LogP contribution in [0.2, 0.25) is 0 Å². The van der Waals surface area contributed by atoms with Gasteiger partial charge in [-0.25, -0.2) is 9.78 Å². The molecule has 21 heavy (non-hydrogen) atoms. The van der Waals surface area contributed by atoms with Gasteiger partial charge in [0.2, 0.25) is 0 Å². The Morgan fingerprint density at radius 1 is 1.33 bits per heavy atom. The van der Waals surface area contributed by atoms with Gasteiger partial charge in [0.15, 0.2) is 0 Å². The van der Waals surface area contributed by atoms with Gasteiger partial charge < -0.3 is 4.42 Å². The lowest BCUT2D eigenvalue weighted by Gasteiger charge is -2.09. The SMILES string of the molecule is CCCCn1c(=O)[nH]c(=O)c2c(-c3ccco3)ccnc21. The van der Waals surface area contributed by atoms with Crippen LogP contribution in [0.15, 0.2) is 44.7 Å². The van der Waals surface area contributed by atoms with Crippen molar-refractivity contribution in [2.75, 3.05) is 0 Å². The predicted molar refractivity (Wildman–Crippen MR) is 79.2 cm³/mol. The third-order valence-corrected chi connectivity index (χ3v) is 3.40. The Morgan fingerprint density at radius 3 is 2.90 bits per heavy atom. The lowest BCUT2D eigenvalue weighted by molar-refractivity contribution is 0.582. The maximum absolute atomic E-state index is 12.2. The molecule has 3 heterocycles. The van der Waals surface area contributed by atoms with Crippen molar-refractivity contribution < 1.29 is 4.42 Å². The molecular weight excluding hydrogens is 270 g/mol. The van der Waals surface area contributed by atoms with Crippen LogP contribution in [-0.2, 0) is 6.54 Å². The third kappa shape index (κ3) is 2.29. The van der Waals surface area contributed by atoms with Crippen LogP contribution >= 0.6 is 0 Å². The van der Waals surface area contributed by atoms with Crippen molar-refractivity contribution >= 4 is 11.0 Å². The number of hydrogen-bond acceptors (Lipinski definition) is 4. The predicted octanol–water partition coefficient (Wildman–Crippen LogP) is 2.14. The van der Waals surface area contributed by atoms with E-state index in [1.807, 2.05) is 6.92 Å². The highest BCUT2D eigenvalue weighted by molar-refractivity contribution is 5.90. The fourth-order valence-corrected chi connectivity index (χ4v) is 2.36. The molecule has 0 spiro atoms. The number of nitrogens with one attached hydrogen (secondary N) is 1. The Bertz CT molecular complexity index is 875. The van der Waals surface area contributed by atoms with Crippen LogP contribution in [0.5, 0.6) is 0 Å². The second kappa shape index (κ2) is 5.40. The molecule has 0 unspecified atom stereocenters. The molecule has 3 aromatic rings. The summed E-state index contributed by atoms with van der Waals surface area (Å²) in [6.07, 6.45) is 4.92. The lowest BCUT2D eigenvalue weighted by atomic mass is 10.1. The summed E-state index contributed by atoms with van der Waals surface area (Å²) >= 11 is 0. The summed E-state index contributed by atoms with van der Waals surface area (Å²) in [5, 5.41) is 0.378. The summed E-state index contributed by atoms with van der Waals surface area (Å²) in [4.78, 5) is 30.8. The molecule has 0 bridgehead atoms. The maximum atomic E-state index is 12.2. The largest absolute Gasteiger partial charge is 0.464 e. The molecule has 1 N–H and O–H groups in total. The second-order valence-corrected chi connectivity index (χ2v) is 4.80. The number of aromatic amines is 1. The van der Waals surface area contributed by atoms with Gasteiger partial charge in [0.25, 0.3) is 5.56 Å². The molecule has 0 aliphatic carbocycles. The summed E-state index contributed by atoms with van der Waals surface area (Å²) in [6, 6.07) is 5.24. The van der Waals surface area contributed by atoms with Crippen LogP contribution in [0.1, 0.15) is 19.8 Å². The van der Waals surface area contributed by atoms with Crippen molar-refractivity contribution in [3.63, 3.8) is 0 Å². The highest BCUT2D eigenvalue weighted by atomic mass is 16.3. The molecule has 0 fully saturated rings. The molecule has 0 saturated carbocycles. The molecule has 0 amide bonds. The number of fused-ring (bicyclic) bond motifs is 1. The number of pyridine rings is 1. The van der Waals surface area contributed by atoms with E-state index in [0.29, 0.717) is 28.9 Å². The summed E-state index contributed by atoms with van der Waals surface area (Å²) in [5.41, 5.74) is 0.162. The van der Waals surface area contributed by atoms with E-state index in [-0.39, 0.29) is 0 Å². The second-order valence-electron chi connectivity index (χ2n) is 4.80. The first-order valence-corrected chi connectivity index (χ1v) is 6.88. The van der Waals surface area contributed by atoms with Gasteiger partial charge in [-0.2, -0.15) is 0 Å². The first kappa shape index (κ1) is 13.4. The Hall–Kier alpha value is -2.63. The van der Waals surface area contributed by atoms with Gasteiger partial charge >= 0.3 is 5.69 Å². The van der Waals surface area contributed by atoms with Crippen molar-refractivity contribution in [3.05, 3.63) is 51.5 Å². The normalized spacial score (nSPS) is 11.1. The molecule has 0 aliphatic heterocycles. The summed E-state index contributed by atoms with van der Waals surface area (Å²) in [5.74, 6) is 0.577. The molecular formula is C15H15N3O3. The molecule has 0 radical (unpaired) electrons. The number of aryl methyl sites for hydroxylation is 1. The summed E-state index contributed by atoms with van der Waals surface area (Å²) in [7, 11) is 0. The van der Waals surface area contributed by atoms with Gasteiger partial charge in [-0.15, -0.1) is 0 Å². The van der Waals surface area contributed by atoms with Crippen LogP contribution in [0.3, 0.4) is 0 Å². The maximum Gasteiger partial charge on any atom is 0.329 e. The Balaban J connectivity index is 2.34. The van der Waals surface area contributed by atoms with E-state index in [4.69, 9.17) is 4.42 Å². The van der Waals surface area contributed by atoms with Gasteiger partial charge in [0.05, 0.1) is 11.6 Å². The first-order valence-electron chi connectivity index (χ1n) is 6.88.